The van der Waals surface area contributed by atoms with Gasteiger partial charge in [-0.3, -0.25) is 0 Å². The maximum absolute atomic E-state index is 12.5. The van der Waals surface area contributed by atoms with Gasteiger partial charge in [0.15, 0.2) is 15.6 Å². The second-order valence-corrected chi connectivity index (χ2v) is 10.9. The van der Waals surface area contributed by atoms with Crippen molar-refractivity contribution >= 4 is 37.7 Å². The Kier molecular flexibility index (Phi) is 6.21. The molecule has 0 aliphatic heterocycles. The van der Waals surface area contributed by atoms with Gasteiger partial charge in [-0.1, -0.05) is 43.3 Å². The van der Waals surface area contributed by atoms with Crippen LogP contribution < -0.4 is 4.74 Å². The van der Waals surface area contributed by atoms with Crippen LogP contribution in [0.1, 0.15) is 34.0 Å². The minimum Gasteiger partial charge on any atom is -0.488 e. The molecule has 0 amide bonds. The predicted octanol–water partition coefficient (Wildman–Crippen LogP) is 6.20. The van der Waals surface area contributed by atoms with E-state index in [0.29, 0.717) is 45.7 Å². The minimum atomic E-state index is -3.37. The number of hydrogen-bond acceptors (Lipinski definition) is 6. The highest BCUT2D eigenvalue weighted by Crippen LogP contribution is 2.37. The number of sulfone groups is 1. The molecule has 0 aliphatic rings. The van der Waals surface area contributed by atoms with Crippen LogP contribution >= 0.6 is 0 Å². The number of pyridine rings is 1. The van der Waals surface area contributed by atoms with Crippen molar-refractivity contribution in [3.8, 4) is 17.2 Å². The zero-order valence-electron chi connectivity index (χ0n) is 20.6. The molecule has 7 nitrogen and oxygen atoms in total. The molecule has 0 radical (unpaired) electrons. The molecule has 2 heterocycles. The second kappa shape index (κ2) is 9.37. The number of carboxylic acids is 1. The van der Waals surface area contributed by atoms with Crippen LogP contribution in [0.3, 0.4) is 0 Å². The minimum absolute atomic E-state index is 0.0510. The Bertz CT molecular complexity index is 1790. The van der Waals surface area contributed by atoms with Crippen molar-refractivity contribution in [3.63, 3.8) is 0 Å². The summed E-state index contributed by atoms with van der Waals surface area (Å²) in [5.41, 5.74) is 4.13. The lowest BCUT2D eigenvalue weighted by atomic mass is 10.00. The van der Waals surface area contributed by atoms with Gasteiger partial charge in [-0.05, 0) is 54.8 Å². The van der Waals surface area contributed by atoms with Gasteiger partial charge in [0, 0.05) is 17.2 Å². The van der Waals surface area contributed by atoms with Gasteiger partial charge in [0.25, 0.3) is 0 Å². The van der Waals surface area contributed by atoms with Gasteiger partial charge in [-0.25, -0.2) is 18.2 Å². The van der Waals surface area contributed by atoms with Gasteiger partial charge in [-0.15, -0.1) is 0 Å². The number of nitrogens with zero attached hydrogens (tertiary/aromatic N) is 1. The van der Waals surface area contributed by atoms with Crippen LogP contribution in [0.2, 0.25) is 0 Å². The Morgan fingerprint density at radius 1 is 1.05 bits per heavy atom. The highest BCUT2D eigenvalue weighted by molar-refractivity contribution is 7.90. The molecular formula is C29H25NO6S. The first-order valence-corrected chi connectivity index (χ1v) is 13.7. The lowest BCUT2D eigenvalue weighted by Gasteiger charge is -2.15. The standard InChI is InChI=1S/C29H25NO6S/c1-4-19-12-13-25(35-16-18-8-7-9-20(14-18)37(3,33)34)26-22(29(31)32)15-23(30-27(19)26)28-17(2)21-10-5-6-11-24(21)36-28/h5-15H,4,16H2,1-3H3,(H,31,32). The summed E-state index contributed by atoms with van der Waals surface area (Å²) in [6.07, 6.45) is 1.79. The van der Waals surface area contributed by atoms with Crippen molar-refractivity contribution in [2.75, 3.05) is 6.26 Å². The molecule has 0 saturated heterocycles. The average molecular weight is 516 g/mol. The lowest BCUT2D eigenvalue weighted by Crippen LogP contribution is -2.05. The number of fused-ring (bicyclic) bond motifs is 2. The molecule has 37 heavy (non-hydrogen) atoms. The molecule has 0 spiro atoms. The number of carboxylic acid groups (broad SMARTS) is 1. The van der Waals surface area contributed by atoms with Crippen LogP contribution in [-0.2, 0) is 22.9 Å². The first-order chi connectivity index (χ1) is 17.7. The molecule has 0 unspecified atom stereocenters. The summed E-state index contributed by atoms with van der Waals surface area (Å²) in [5.74, 6) is -0.231. The molecule has 0 saturated carbocycles. The number of aromatic nitrogens is 1. The van der Waals surface area contributed by atoms with Crippen molar-refractivity contribution in [2.45, 2.75) is 31.8 Å². The number of aryl methyl sites for hydroxylation is 2. The van der Waals surface area contributed by atoms with E-state index in [2.05, 4.69) is 0 Å². The highest BCUT2D eigenvalue weighted by atomic mass is 32.2. The number of benzene rings is 3. The summed E-state index contributed by atoms with van der Waals surface area (Å²) >= 11 is 0. The molecule has 0 bridgehead atoms. The third-order valence-corrected chi connectivity index (χ3v) is 7.52. The van der Waals surface area contributed by atoms with Crippen LogP contribution in [-0.4, -0.2) is 30.7 Å². The van der Waals surface area contributed by atoms with E-state index >= 15 is 0 Å². The maximum Gasteiger partial charge on any atom is 0.336 e. The summed E-state index contributed by atoms with van der Waals surface area (Å²) in [4.78, 5) is 17.5. The predicted molar refractivity (Wildman–Crippen MR) is 142 cm³/mol. The Morgan fingerprint density at radius 3 is 2.54 bits per heavy atom. The van der Waals surface area contributed by atoms with Crippen LogP contribution in [0.4, 0.5) is 0 Å². The Morgan fingerprint density at radius 2 is 1.84 bits per heavy atom. The van der Waals surface area contributed by atoms with Gasteiger partial charge >= 0.3 is 5.97 Å². The fraction of sp³-hybridized carbons (Fsp3) is 0.172. The first-order valence-electron chi connectivity index (χ1n) is 11.8. The van der Waals surface area contributed by atoms with Crippen molar-refractivity contribution in [3.05, 3.63) is 89.0 Å². The summed E-state index contributed by atoms with van der Waals surface area (Å²) in [6.45, 7) is 3.97. The molecule has 188 valence electrons. The summed E-state index contributed by atoms with van der Waals surface area (Å²) in [7, 11) is -3.37. The van der Waals surface area contributed by atoms with Crippen molar-refractivity contribution in [2.24, 2.45) is 0 Å². The number of para-hydroxylation sites is 1. The van der Waals surface area contributed by atoms with Crippen LogP contribution in [0.25, 0.3) is 33.3 Å². The largest absolute Gasteiger partial charge is 0.488 e. The van der Waals surface area contributed by atoms with Crippen LogP contribution in [0.5, 0.6) is 5.75 Å². The number of hydrogen-bond donors (Lipinski definition) is 1. The normalized spacial score (nSPS) is 11.8. The van der Waals surface area contributed by atoms with Crippen molar-refractivity contribution in [1.29, 1.82) is 0 Å². The Labute approximate surface area is 214 Å². The van der Waals surface area contributed by atoms with Gasteiger partial charge in [0.05, 0.1) is 21.4 Å². The number of carbonyl (C=O) groups is 1. The topological polar surface area (TPSA) is 107 Å². The van der Waals surface area contributed by atoms with E-state index < -0.39 is 15.8 Å². The van der Waals surface area contributed by atoms with E-state index in [0.717, 1.165) is 22.8 Å². The lowest BCUT2D eigenvalue weighted by molar-refractivity contribution is 0.0698. The molecule has 1 N–H and O–H groups in total. The van der Waals surface area contributed by atoms with Gasteiger partial charge < -0.3 is 14.3 Å². The highest BCUT2D eigenvalue weighted by Gasteiger charge is 2.22. The Hall–Kier alpha value is -4.17. The van der Waals surface area contributed by atoms with Crippen molar-refractivity contribution < 1.29 is 27.5 Å². The van der Waals surface area contributed by atoms with E-state index in [9.17, 15) is 18.3 Å². The summed E-state index contributed by atoms with van der Waals surface area (Å²) < 4.78 is 36.0. The van der Waals surface area contributed by atoms with E-state index in [1.54, 1.807) is 24.3 Å². The quantitative estimate of drug-likeness (QED) is 0.275. The average Bonchev–Trinajstić information content (AvgIpc) is 3.22. The maximum atomic E-state index is 12.5. The van der Waals surface area contributed by atoms with E-state index in [1.165, 1.54) is 12.1 Å². The zero-order valence-corrected chi connectivity index (χ0v) is 21.4. The van der Waals surface area contributed by atoms with E-state index in [1.807, 2.05) is 44.2 Å². The fourth-order valence-corrected chi connectivity index (χ4v) is 5.19. The van der Waals surface area contributed by atoms with Crippen LogP contribution in [0, 0.1) is 6.92 Å². The number of furan rings is 1. The van der Waals surface area contributed by atoms with Crippen LogP contribution in [0.15, 0.2) is 76.0 Å². The zero-order chi connectivity index (χ0) is 26.3. The number of aromatic carboxylic acids is 1. The SMILES string of the molecule is CCc1ccc(OCc2cccc(S(C)(=O)=O)c2)c2c(C(=O)O)cc(-c3oc4ccccc4c3C)nc12. The summed E-state index contributed by atoms with van der Waals surface area (Å²) in [5, 5.41) is 11.5. The second-order valence-electron chi connectivity index (χ2n) is 8.92. The van der Waals surface area contributed by atoms with Gasteiger partial charge in [-0.2, -0.15) is 0 Å². The molecule has 0 aliphatic carbocycles. The molecule has 5 aromatic rings. The van der Waals surface area contributed by atoms with Crippen molar-refractivity contribution in [1.82, 2.24) is 4.98 Å². The Balaban J connectivity index is 1.64. The monoisotopic (exact) mass is 515 g/mol. The molecule has 5 rings (SSSR count). The summed E-state index contributed by atoms with van der Waals surface area (Å²) in [6, 6.07) is 19.3. The molecule has 3 aromatic carbocycles. The molecule has 0 fully saturated rings. The molecule has 2 aromatic heterocycles. The third-order valence-electron chi connectivity index (χ3n) is 6.41. The van der Waals surface area contributed by atoms with Gasteiger partial charge in [0.2, 0.25) is 0 Å². The van der Waals surface area contributed by atoms with E-state index in [-0.39, 0.29) is 17.1 Å². The number of rotatable bonds is 7. The fourth-order valence-electron chi connectivity index (χ4n) is 4.50. The third kappa shape index (κ3) is 4.56. The first kappa shape index (κ1) is 24.5. The number of ether oxygens (including phenoxy) is 1. The molecule has 8 heteroatoms. The van der Waals surface area contributed by atoms with E-state index in [4.69, 9.17) is 14.1 Å². The molecular weight excluding hydrogens is 490 g/mol. The molecule has 0 atom stereocenters. The van der Waals surface area contributed by atoms with Gasteiger partial charge in [0.1, 0.15) is 23.6 Å². The smallest absolute Gasteiger partial charge is 0.336 e.